The minimum atomic E-state index is -1.53. The molecular formula is C24H36O6. The largest absolute Gasteiger partial charge is 0.468 e. The van der Waals surface area contributed by atoms with Gasteiger partial charge in [0.2, 0.25) is 0 Å². The Kier molecular flexibility index (Phi) is 6.23. The molecule has 2 N–H and O–H groups in total. The van der Waals surface area contributed by atoms with Gasteiger partial charge in [0.1, 0.15) is 0 Å². The third kappa shape index (κ3) is 3.14. The predicted molar refractivity (Wildman–Crippen MR) is 112 cm³/mol. The number of allylic oxidation sites excluding steroid dienone is 3. The molecular weight excluding hydrogens is 384 g/mol. The zero-order chi connectivity index (χ0) is 22.4. The molecule has 0 aromatic rings. The number of aliphatic hydroxyl groups excluding tert-OH is 2. The van der Waals surface area contributed by atoms with Crippen molar-refractivity contribution >= 4 is 11.9 Å². The first-order valence-corrected chi connectivity index (χ1v) is 10.9. The quantitative estimate of drug-likeness (QED) is 0.414. The summed E-state index contributed by atoms with van der Waals surface area (Å²) in [6.45, 7) is 10.6. The fraction of sp³-hybridized carbons (Fsp3) is 0.750. The summed E-state index contributed by atoms with van der Waals surface area (Å²) in [7, 11) is 2.60. The highest BCUT2D eigenvalue weighted by Gasteiger charge is 2.63. The molecule has 0 amide bonds. The van der Waals surface area contributed by atoms with Crippen LogP contribution in [0.1, 0.15) is 52.9 Å². The van der Waals surface area contributed by atoms with Crippen LogP contribution in [0, 0.1) is 34.5 Å². The second-order valence-corrected chi connectivity index (χ2v) is 9.90. The SMILES string of the molecule is C=C1[C@H]2[C@H](CO)[C@H](O)CC[C@@H]2C(C(=O)OC)(C(=O)OC)CC2=C(C)CC[C@@H]1C2(C)C. The molecule has 0 aliphatic heterocycles. The molecule has 0 spiro atoms. The van der Waals surface area contributed by atoms with Gasteiger partial charge in [-0.3, -0.25) is 9.59 Å². The first-order valence-electron chi connectivity index (χ1n) is 10.9. The number of rotatable bonds is 3. The smallest absolute Gasteiger partial charge is 0.323 e. The van der Waals surface area contributed by atoms with Crippen molar-refractivity contribution in [1.29, 1.82) is 0 Å². The van der Waals surface area contributed by atoms with Crippen LogP contribution in [-0.2, 0) is 19.1 Å². The third-order valence-electron chi connectivity index (χ3n) is 8.41. The Bertz CT molecular complexity index is 748. The number of aliphatic hydroxyl groups is 2. The highest BCUT2D eigenvalue weighted by molar-refractivity contribution is 6.01. The standard InChI is InChI=1S/C24H36O6/c1-13-7-8-16-14(2)20-15(12-25)19(26)10-9-17(20)24(21(27)29-5,22(28)30-6)11-18(13)23(16,3)4/h15-17,19-20,25-26H,2,7-12H2,1,3-6H3/t15-,16+,17+,19-,20+/m1/s1. The molecule has 0 aromatic heterocycles. The number of carbonyl (C=O) groups excluding carboxylic acids is 2. The molecule has 3 aliphatic carbocycles. The third-order valence-corrected chi connectivity index (χ3v) is 8.41. The van der Waals surface area contributed by atoms with Crippen LogP contribution in [0.3, 0.4) is 0 Å². The van der Waals surface area contributed by atoms with Gasteiger partial charge in [0.05, 0.1) is 20.3 Å². The van der Waals surface area contributed by atoms with Crippen LogP contribution < -0.4 is 0 Å². The Morgan fingerprint density at radius 2 is 1.73 bits per heavy atom. The number of fused-ring (bicyclic) bond motifs is 3. The Balaban J connectivity index is 2.33. The zero-order valence-electron chi connectivity index (χ0n) is 18.9. The molecule has 2 fully saturated rings. The van der Waals surface area contributed by atoms with Crippen LogP contribution >= 0.6 is 0 Å². The lowest BCUT2D eigenvalue weighted by Gasteiger charge is -2.56. The van der Waals surface area contributed by atoms with E-state index in [0.717, 1.165) is 24.0 Å². The van der Waals surface area contributed by atoms with Crippen molar-refractivity contribution in [2.24, 2.45) is 34.5 Å². The van der Waals surface area contributed by atoms with Crippen LogP contribution in [0.25, 0.3) is 0 Å². The molecule has 0 aromatic carbocycles. The van der Waals surface area contributed by atoms with E-state index in [0.29, 0.717) is 12.8 Å². The van der Waals surface area contributed by atoms with Crippen molar-refractivity contribution in [2.45, 2.75) is 59.0 Å². The van der Waals surface area contributed by atoms with Crippen LogP contribution in [0.15, 0.2) is 23.3 Å². The lowest BCUT2D eigenvalue weighted by molar-refractivity contribution is -0.181. The second kappa shape index (κ2) is 8.12. The van der Waals surface area contributed by atoms with E-state index in [2.05, 4.69) is 27.4 Å². The van der Waals surface area contributed by atoms with E-state index >= 15 is 0 Å². The molecule has 6 heteroatoms. The summed E-state index contributed by atoms with van der Waals surface area (Å²) in [6, 6.07) is 0. The lowest BCUT2D eigenvalue weighted by atomic mass is 9.48. The first kappa shape index (κ1) is 23.0. The number of esters is 2. The van der Waals surface area contributed by atoms with E-state index in [1.807, 2.05) is 0 Å². The predicted octanol–water partition coefficient (Wildman–Crippen LogP) is 3.03. The van der Waals surface area contributed by atoms with Crippen LogP contribution in [0.5, 0.6) is 0 Å². The molecule has 6 nitrogen and oxygen atoms in total. The van der Waals surface area contributed by atoms with Gasteiger partial charge in [-0.2, -0.15) is 0 Å². The van der Waals surface area contributed by atoms with Crippen LogP contribution in [0.2, 0.25) is 0 Å². The molecule has 5 atom stereocenters. The lowest BCUT2D eigenvalue weighted by Crippen LogP contribution is -2.58. The van der Waals surface area contributed by atoms with Gasteiger partial charge in [-0.15, -0.1) is 0 Å². The molecule has 0 unspecified atom stereocenters. The highest BCUT2D eigenvalue weighted by atomic mass is 16.5. The Morgan fingerprint density at radius 1 is 1.13 bits per heavy atom. The maximum Gasteiger partial charge on any atom is 0.323 e. The average Bonchev–Trinajstić information content (AvgIpc) is 2.71. The number of methoxy groups -OCH3 is 2. The Morgan fingerprint density at radius 3 is 2.27 bits per heavy atom. The Hall–Kier alpha value is -1.66. The first-order chi connectivity index (χ1) is 14.1. The van der Waals surface area contributed by atoms with Crippen molar-refractivity contribution in [1.82, 2.24) is 0 Å². The molecule has 0 radical (unpaired) electrons. The molecule has 0 saturated heterocycles. The summed E-state index contributed by atoms with van der Waals surface area (Å²) in [4.78, 5) is 26.7. The van der Waals surface area contributed by atoms with Crippen LogP contribution in [0.4, 0.5) is 0 Å². The molecule has 2 bridgehead atoms. The van der Waals surface area contributed by atoms with Gasteiger partial charge < -0.3 is 19.7 Å². The normalized spacial score (nSPS) is 35.0. The van der Waals surface area contributed by atoms with Gasteiger partial charge in [-0.1, -0.05) is 37.1 Å². The fourth-order valence-corrected chi connectivity index (χ4v) is 6.80. The van der Waals surface area contributed by atoms with Gasteiger partial charge in [0, 0.05) is 12.5 Å². The molecule has 3 aliphatic rings. The van der Waals surface area contributed by atoms with Crippen LogP contribution in [-0.4, -0.2) is 49.1 Å². The summed E-state index contributed by atoms with van der Waals surface area (Å²) in [5, 5.41) is 20.9. The number of hydrogen-bond donors (Lipinski definition) is 2. The fourth-order valence-electron chi connectivity index (χ4n) is 6.80. The van der Waals surface area contributed by atoms with Gasteiger partial charge in [-0.25, -0.2) is 0 Å². The number of ether oxygens (including phenoxy) is 2. The van der Waals surface area contributed by atoms with E-state index in [9.17, 15) is 19.8 Å². The summed E-state index contributed by atoms with van der Waals surface area (Å²) in [6.07, 6.45) is 2.20. The maximum absolute atomic E-state index is 13.4. The molecule has 30 heavy (non-hydrogen) atoms. The number of hydrogen-bond acceptors (Lipinski definition) is 6. The maximum atomic E-state index is 13.4. The molecule has 2 saturated carbocycles. The van der Waals surface area contributed by atoms with Gasteiger partial charge in [0.15, 0.2) is 5.41 Å². The minimum Gasteiger partial charge on any atom is -0.468 e. The van der Waals surface area contributed by atoms with Crippen molar-refractivity contribution < 1.29 is 29.3 Å². The average molecular weight is 421 g/mol. The molecule has 168 valence electrons. The topological polar surface area (TPSA) is 93.1 Å². The summed E-state index contributed by atoms with van der Waals surface area (Å²) in [5.74, 6) is -2.37. The van der Waals surface area contributed by atoms with Crippen molar-refractivity contribution in [3.63, 3.8) is 0 Å². The van der Waals surface area contributed by atoms with E-state index < -0.39 is 35.3 Å². The highest BCUT2D eigenvalue weighted by Crippen LogP contribution is 2.61. The van der Waals surface area contributed by atoms with E-state index in [1.54, 1.807) is 0 Å². The molecule has 0 heterocycles. The summed E-state index contributed by atoms with van der Waals surface area (Å²) >= 11 is 0. The van der Waals surface area contributed by atoms with E-state index in [-0.39, 0.29) is 30.3 Å². The van der Waals surface area contributed by atoms with Gasteiger partial charge in [0.25, 0.3) is 0 Å². The molecule has 3 rings (SSSR count). The van der Waals surface area contributed by atoms with Gasteiger partial charge >= 0.3 is 11.9 Å². The Labute approximate surface area is 179 Å². The van der Waals surface area contributed by atoms with E-state index in [4.69, 9.17) is 9.47 Å². The monoisotopic (exact) mass is 420 g/mol. The van der Waals surface area contributed by atoms with Crippen molar-refractivity contribution in [2.75, 3.05) is 20.8 Å². The van der Waals surface area contributed by atoms with Crippen molar-refractivity contribution in [3.8, 4) is 0 Å². The van der Waals surface area contributed by atoms with Crippen molar-refractivity contribution in [3.05, 3.63) is 23.3 Å². The second-order valence-electron chi connectivity index (χ2n) is 9.90. The minimum absolute atomic E-state index is 0.149. The summed E-state index contributed by atoms with van der Waals surface area (Å²) < 4.78 is 10.4. The zero-order valence-corrected chi connectivity index (χ0v) is 18.9. The van der Waals surface area contributed by atoms with E-state index in [1.165, 1.54) is 19.8 Å². The number of carbonyl (C=O) groups is 2. The van der Waals surface area contributed by atoms with Gasteiger partial charge in [-0.05, 0) is 62.2 Å². The summed E-state index contributed by atoms with van der Waals surface area (Å²) in [5.41, 5.74) is 1.39.